The minimum absolute atomic E-state index is 0.0157. The molecular formula is C17H25N5O2. The third kappa shape index (κ3) is 5.33. The molecule has 0 spiro atoms. The molecule has 1 amide bonds. The number of carbonyl (C=O) groups excluding carboxylic acids is 1. The molecule has 0 aliphatic rings. The van der Waals surface area contributed by atoms with E-state index in [9.17, 15) is 4.79 Å². The Morgan fingerprint density at radius 1 is 1.12 bits per heavy atom. The van der Waals surface area contributed by atoms with Gasteiger partial charge in [0.1, 0.15) is 12.1 Å². The second-order valence-corrected chi connectivity index (χ2v) is 6.62. The summed E-state index contributed by atoms with van der Waals surface area (Å²) < 4.78 is 7.19. The number of nitrogens with zero attached hydrogens (tertiary/aromatic N) is 5. The fourth-order valence-electron chi connectivity index (χ4n) is 2.37. The van der Waals surface area contributed by atoms with Gasteiger partial charge in [-0.25, -0.2) is 4.68 Å². The summed E-state index contributed by atoms with van der Waals surface area (Å²) in [5, 5.41) is 11.0. The molecule has 130 valence electrons. The largest absolute Gasteiger partial charge is 0.484 e. The van der Waals surface area contributed by atoms with Crippen molar-refractivity contribution in [2.24, 2.45) is 11.8 Å². The van der Waals surface area contributed by atoms with Gasteiger partial charge in [-0.05, 0) is 46.5 Å². The predicted octanol–water partition coefficient (Wildman–Crippen LogP) is 2.18. The lowest BCUT2D eigenvalue weighted by molar-refractivity contribution is -0.134. The van der Waals surface area contributed by atoms with Crippen molar-refractivity contribution in [1.29, 1.82) is 0 Å². The normalized spacial score (nSPS) is 11.1. The summed E-state index contributed by atoms with van der Waals surface area (Å²) >= 11 is 0. The summed E-state index contributed by atoms with van der Waals surface area (Å²) in [5.41, 5.74) is 0.833. The predicted molar refractivity (Wildman–Crippen MR) is 90.9 cm³/mol. The van der Waals surface area contributed by atoms with E-state index in [0.717, 1.165) is 18.8 Å². The molecule has 7 nitrogen and oxygen atoms in total. The lowest BCUT2D eigenvalue weighted by Gasteiger charge is -2.26. The molecule has 0 aliphatic carbocycles. The molecule has 7 heteroatoms. The van der Waals surface area contributed by atoms with Crippen LogP contribution in [-0.4, -0.2) is 50.7 Å². The molecule has 2 aromatic rings. The first-order valence-corrected chi connectivity index (χ1v) is 8.19. The molecule has 0 saturated heterocycles. The fraction of sp³-hybridized carbons (Fsp3) is 0.529. The lowest BCUT2D eigenvalue weighted by Crippen LogP contribution is -2.39. The van der Waals surface area contributed by atoms with Crippen LogP contribution in [0.4, 0.5) is 0 Å². The van der Waals surface area contributed by atoms with E-state index in [0.29, 0.717) is 17.6 Å². The van der Waals surface area contributed by atoms with E-state index in [-0.39, 0.29) is 12.5 Å². The molecule has 0 atom stereocenters. The van der Waals surface area contributed by atoms with Crippen molar-refractivity contribution < 1.29 is 9.53 Å². The van der Waals surface area contributed by atoms with Gasteiger partial charge in [-0.2, -0.15) is 0 Å². The van der Waals surface area contributed by atoms with Gasteiger partial charge in [-0.3, -0.25) is 4.79 Å². The second kappa shape index (κ2) is 8.42. The average Bonchev–Trinajstić information content (AvgIpc) is 3.06. The Morgan fingerprint density at radius 3 is 2.25 bits per heavy atom. The molecule has 0 radical (unpaired) electrons. The van der Waals surface area contributed by atoms with Gasteiger partial charge in [0.25, 0.3) is 5.91 Å². The van der Waals surface area contributed by atoms with Gasteiger partial charge in [0.05, 0.1) is 5.69 Å². The van der Waals surface area contributed by atoms with Crippen LogP contribution in [0.15, 0.2) is 30.6 Å². The molecule has 0 saturated carbocycles. The van der Waals surface area contributed by atoms with Gasteiger partial charge >= 0.3 is 0 Å². The van der Waals surface area contributed by atoms with Crippen molar-refractivity contribution in [3.63, 3.8) is 0 Å². The van der Waals surface area contributed by atoms with Crippen molar-refractivity contribution in [3.05, 3.63) is 30.6 Å². The molecule has 0 aliphatic heterocycles. The van der Waals surface area contributed by atoms with Gasteiger partial charge in [0.15, 0.2) is 6.61 Å². The molecule has 0 N–H and O–H groups in total. The molecule has 1 aromatic carbocycles. The zero-order valence-electron chi connectivity index (χ0n) is 14.7. The second-order valence-electron chi connectivity index (χ2n) is 6.62. The van der Waals surface area contributed by atoms with E-state index in [1.54, 1.807) is 16.8 Å². The van der Waals surface area contributed by atoms with Crippen LogP contribution in [0.1, 0.15) is 27.7 Å². The maximum atomic E-state index is 12.4. The average molecular weight is 331 g/mol. The maximum absolute atomic E-state index is 12.4. The highest BCUT2D eigenvalue weighted by atomic mass is 16.5. The summed E-state index contributed by atoms with van der Waals surface area (Å²) in [6.45, 7) is 9.98. The first kappa shape index (κ1) is 17.9. The number of amides is 1. The molecule has 24 heavy (non-hydrogen) atoms. The molecular weight excluding hydrogens is 306 g/mol. The van der Waals surface area contributed by atoms with Gasteiger partial charge < -0.3 is 9.64 Å². The third-order valence-corrected chi connectivity index (χ3v) is 3.34. The van der Waals surface area contributed by atoms with Crippen LogP contribution in [0.5, 0.6) is 5.75 Å². The smallest absolute Gasteiger partial charge is 0.260 e. The minimum atomic E-state index is 0.0157. The number of rotatable bonds is 8. The van der Waals surface area contributed by atoms with E-state index in [1.807, 2.05) is 17.0 Å². The standard InChI is InChI=1S/C17H25N5O2/c1-13(2)9-21(10-14(3)4)17(23)11-24-16-7-5-15(6-8-16)22-12-18-19-20-22/h5-8,12-14H,9-11H2,1-4H3. The highest BCUT2D eigenvalue weighted by molar-refractivity contribution is 5.77. The first-order valence-electron chi connectivity index (χ1n) is 8.19. The van der Waals surface area contributed by atoms with Crippen molar-refractivity contribution in [1.82, 2.24) is 25.1 Å². The topological polar surface area (TPSA) is 73.1 Å². The Bertz CT molecular complexity index is 613. The Morgan fingerprint density at radius 2 is 1.75 bits per heavy atom. The highest BCUT2D eigenvalue weighted by Crippen LogP contribution is 2.14. The fourth-order valence-corrected chi connectivity index (χ4v) is 2.37. The van der Waals surface area contributed by atoms with Crippen molar-refractivity contribution in [2.75, 3.05) is 19.7 Å². The Balaban J connectivity index is 1.92. The number of carbonyl (C=O) groups is 1. The lowest BCUT2D eigenvalue weighted by atomic mass is 10.1. The van der Waals surface area contributed by atoms with Gasteiger partial charge in [-0.15, -0.1) is 5.10 Å². The van der Waals surface area contributed by atoms with Gasteiger partial charge in [-0.1, -0.05) is 27.7 Å². The van der Waals surface area contributed by atoms with Gasteiger partial charge in [0, 0.05) is 13.1 Å². The first-order chi connectivity index (χ1) is 11.5. The Kier molecular flexibility index (Phi) is 6.28. The summed E-state index contributed by atoms with van der Waals surface area (Å²) in [6, 6.07) is 7.30. The molecule has 0 fully saturated rings. The van der Waals surface area contributed by atoms with Gasteiger partial charge in [0.2, 0.25) is 0 Å². The molecule has 1 heterocycles. The number of ether oxygens (including phenoxy) is 1. The number of tetrazole rings is 1. The van der Waals surface area contributed by atoms with E-state index in [4.69, 9.17) is 4.74 Å². The summed E-state index contributed by atoms with van der Waals surface area (Å²) in [6.07, 6.45) is 1.52. The molecule has 2 rings (SSSR count). The molecule has 0 unspecified atom stereocenters. The van der Waals surface area contributed by atoms with Crippen LogP contribution >= 0.6 is 0 Å². The van der Waals surface area contributed by atoms with Crippen LogP contribution in [0.25, 0.3) is 5.69 Å². The minimum Gasteiger partial charge on any atom is -0.484 e. The van der Waals surface area contributed by atoms with Crippen LogP contribution in [0, 0.1) is 11.8 Å². The van der Waals surface area contributed by atoms with E-state index in [2.05, 4.69) is 43.2 Å². The molecule has 0 bridgehead atoms. The van der Waals surface area contributed by atoms with Crippen LogP contribution in [0.3, 0.4) is 0 Å². The summed E-state index contributed by atoms with van der Waals surface area (Å²) in [7, 11) is 0. The third-order valence-electron chi connectivity index (χ3n) is 3.34. The quantitative estimate of drug-likeness (QED) is 0.741. The number of benzene rings is 1. The number of aromatic nitrogens is 4. The number of hydrogen-bond acceptors (Lipinski definition) is 5. The summed E-state index contributed by atoms with van der Waals surface area (Å²) in [5.74, 6) is 1.53. The van der Waals surface area contributed by atoms with Crippen molar-refractivity contribution >= 4 is 5.91 Å². The highest BCUT2D eigenvalue weighted by Gasteiger charge is 2.16. The van der Waals surface area contributed by atoms with Crippen molar-refractivity contribution in [2.45, 2.75) is 27.7 Å². The summed E-state index contributed by atoms with van der Waals surface area (Å²) in [4.78, 5) is 14.3. The Hall–Kier alpha value is -2.44. The zero-order chi connectivity index (χ0) is 17.5. The van der Waals surface area contributed by atoms with Crippen LogP contribution in [0.2, 0.25) is 0 Å². The molecule has 1 aromatic heterocycles. The zero-order valence-corrected chi connectivity index (χ0v) is 14.7. The van der Waals surface area contributed by atoms with Crippen LogP contribution in [-0.2, 0) is 4.79 Å². The van der Waals surface area contributed by atoms with E-state index in [1.165, 1.54) is 6.33 Å². The Labute approximate surface area is 142 Å². The van der Waals surface area contributed by atoms with Crippen molar-refractivity contribution in [3.8, 4) is 11.4 Å². The SMILES string of the molecule is CC(C)CN(CC(C)C)C(=O)COc1ccc(-n2cnnn2)cc1. The van der Waals surface area contributed by atoms with Crippen LogP contribution < -0.4 is 4.74 Å². The number of hydrogen-bond donors (Lipinski definition) is 0. The van der Waals surface area contributed by atoms with E-state index < -0.39 is 0 Å². The maximum Gasteiger partial charge on any atom is 0.260 e. The van der Waals surface area contributed by atoms with E-state index >= 15 is 0 Å². The monoisotopic (exact) mass is 331 g/mol.